The molecule has 2 aromatic heterocycles. The first-order chi connectivity index (χ1) is 13.1. The molecule has 12 heteroatoms. The minimum absolute atomic E-state index is 0.0454. The summed E-state index contributed by atoms with van der Waals surface area (Å²) >= 11 is 0. The lowest BCUT2D eigenvalue weighted by Crippen LogP contribution is -2.58. The first-order valence-electron chi connectivity index (χ1n) is 8.08. The Morgan fingerprint density at radius 1 is 1.17 bits per heavy atom. The van der Waals surface area contributed by atoms with E-state index in [1.165, 1.54) is 12.1 Å². The number of pyridine rings is 2. The molecular weight excluding hydrogens is 404 g/mol. The Labute approximate surface area is 161 Å². The van der Waals surface area contributed by atoms with Crippen molar-refractivity contribution in [2.45, 2.75) is 31.7 Å². The third-order valence-electron chi connectivity index (χ3n) is 4.02. The summed E-state index contributed by atoms with van der Waals surface area (Å²) in [5.74, 6) is -1.20. The SMILES string of the molecule is Cc1ccc(-c2nc(C(=O)NCC(C)(N)C(F)(F)F)c(N)cc2C(F)(F)F)cn1. The largest absolute Gasteiger partial charge is 0.418 e. The molecule has 0 spiro atoms. The Kier molecular flexibility index (Phi) is 5.79. The number of aryl methyl sites for hydroxylation is 1. The Hall–Kier alpha value is -2.89. The number of hydrogen-bond acceptors (Lipinski definition) is 5. The molecule has 0 bridgehead atoms. The first kappa shape index (κ1) is 22.4. The molecule has 1 atom stereocenters. The third-order valence-corrected chi connectivity index (χ3v) is 4.02. The number of aromatic nitrogens is 2. The molecule has 5 N–H and O–H groups in total. The van der Waals surface area contributed by atoms with Gasteiger partial charge in [0.2, 0.25) is 0 Å². The Balaban J connectivity index is 2.47. The number of carbonyl (C=O) groups excluding carboxylic acids is 1. The molecule has 158 valence electrons. The van der Waals surface area contributed by atoms with Crippen molar-refractivity contribution in [1.29, 1.82) is 0 Å². The molecule has 0 aliphatic rings. The summed E-state index contributed by atoms with van der Waals surface area (Å²) in [6.07, 6.45) is -8.54. The van der Waals surface area contributed by atoms with E-state index in [2.05, 4.69) is 9.97 Å². The fraction of sp³-hybridized carbons (Fsp3) is 0.353. The molecule has 1 amide bonds. The number of nitrogens with zero attached hydrogens (tertiary/aromatic N) is 2. The van der Waals surface area contributed by atoms with Gasteiger partial charge in [0.25, 0.3) is 5.91 Å². The third kappa shape index (κ3) is 4.94. The van der Waals surface area contributed by atoms with Crippen LogP contribution in [0.1, 0.15) is 28.7 Å². The lowest BCUT2D eigenvalue weighted by molar-refractivity contribution is -0.178. The zero-order valence-electron chi connectivity index (χ0n) is 15.2. The van der Waals surface area contributed by atoms with Crippen molar-refractivity contribution in [2.24, 2.45) is 5.73 Å². The van der Waals surface area contributed by atoms with Gasteiger partial charge in [-0.1, -0.05) is 0 Å². The van der Waals surface area contributed by atoms with Gasteiger partial charge in [-0.15, -0.1) is 0 Å². The summed E-state index contributed by atoms with van der Waals surface area (Å²) < 4.78 is 78.7. The summed E-state index contributed by atoms with van der Waals surface area (Å²) in [4.78, 5) is 19.8. The molecule has 2 aromatic rings. The standard InChI is InChI=1S/C17H17F6N5O/c1-8-3-4-9(6-26-8)12-10(16(18,19)20)5-11(24)13(28-12)14(29)27-7-15(2,25)17(21,22)23/h3-6H,7,24-25H2,1-2H3,(H,27,29). The van der Waals surface area contributed by atoms with E-state index < -0.39 is 53.0 Å². The number of hydrogen-bond donors (Lipinski definition) is 3. The van der Waals surface area contributed by atoms with E-state index in [-0.39, 0.29) is 5.56 Å². The second kappa shape index (κ2) is 7.50. The van der Waals surface area contributed by atoms with Crippen molar-refractivity contribution >= 4 is 11.6 Å². The van der Waals surface area contributed by atoms with Gasteiger partial charge in [-0.3, -0.25) is 9.78 Å². The fourth-order valence-electron chi connectivity index (χ4n) is 2.20. The second-order valence-electron chi connectivity index (χ2n) is 6.61. The van der Waals surface area contributed by atoms with Crippen molar-refractivity contribution in [3.8, 4) is 11.3 Å². The van der Waals surface area contributed by atoms with Gasteiger partial charge in [0, 0.05) is 24.0 Å². The number of anilines is 1. The van der Waals surface area contributed by atoms with Crippen LogP contribution in [0.4, 0.5) is 32.0 Å². The van der Waals surface area contributed by atoms with E-state index in [1.54, 1.807) is 6.92 Å². The minimum Gasteiger partial charge on any atom is -0.397 e. The highest BCUT2D eigenvalue weighted by molar-refractivity contribution is 5.98. The molecule has 6 nitrogen and oxygen atoms in total. The maximum absolute atomic E-state index is 13.4. The zero-order chi connectivity index (χ0) is 22.2. The van der Waals surface area contributed by atoms with Crippen LogP contribution in [-0.2, 0) is 6.18 Å². The van der Waals surface area contributed by atoms with Crippen molar-refractivity contribution in [3.05, 3.63) is 41.3 Å². The van der Waals surface area contributed by atoms with Gasteiger partial charge in [0.1, 0.15) is 5.54 Å². The average molecular weight is 421 g/mol. The van der Waals surface area contributed by atoms with Crippen molar-refractivity contribution < 1.29 is 31.1 Å². The maximum atomic E-state index is 13.4. The Bertz CT molecular complexity index is 906. The predicted octanol–water partition coefficient (Wildman–Crippen LogP) is 3.06. The van der Waals surface area contributed by atoms with Gasteiger partial charge in [-0.2, -0.15) is 26.3 Å². The summed E-state index contributed by atoms with van der Waals surface area (Å²) in [5.41, 5.74) is 5.23. The molecule has 29 heavy (non-hydrogen) atoms. The molecule has 2 rings (SSSR count). The number of nitrogens with two attached hydrogens (primary N) is 2. The second-order valence-corrected chi connectivity index (χ2v) is 6.61. The number of nitrogens with one attached hydrogen (secondary N) is 1. The summed E-state index contributed by atoms with van der Waals surface area (Å²) in [5, 5.41) is 1.91. The average Bonchev–Trinajstić information content (AvgIpc) is 2.58. The number of halogens is 6. The van der Waals surface area contributed by atoms with Gasteiger partial charge in [-0.05, 0) is 32.0 Å². The van der Waals surface area contributed by atoms with E-state index in [9.17, 15) is 31.1 Å². The Morgan fingerprint density at radius 3 is 2.28 bits per heavy atom. The minimum atomic E-state index is -4.84. The number of rotatable bonds is 4. The maximum Gasteiger partial charge on any atom is 0.418 e. The topological polar surface area (TPSA) is 107 Å². The van der Waals surface area contributed by atoms with Gasteiger partial charge >= 0.3 is 12.4 Å². The van der Waals surface area contributed by atoms with E-state index in [4.69, 9.17) is 11.5 Å². The predicted molar refractivity (Wildman–Crippen MR) is 92.6 cm³/mol. The van der Waals surface area contributed by atoms with E-state index in [0.29, 0.717) is 18.7 Å². The monoisotopic (exact) mass is 421 g/mol. The smallest absolute Gasteiger partial charge is 0.397 e. The van der Waals surface area contributed by atoms with Crippen LogP contribution in [0.15, 0.2) is 24.4 Å². The van der Waals surface area contributed by atoms with E-state index >= 15 is 0 Å². The van der Waals surface area contributed by atoms with Gasteiger partial charge in [0.15, 0.2) is 5.69 Å². The van der Waals surface area contributed by atoms with E-state index in [0.717, 1.165) is 6.20 Å². The Morgan fingerprint density at radius 2 is 1.79 bits per heavy atom. The molecule has 0 fully saturated rings. The number of nitrogen functional groups attached to an aromatic ring is 1. The molecule has 1 unspecified atom stereocenters. The lowest BCUT2D eigenvalue weighted by Gasteiger charge is -2.27. The molecule has 0 aliphatic heterocycles. The van der Waals surface area contributed by atoms with Gasteiger partial charge in [0.05, 0.1) is 16.9 Å². The van der Waals surface area contributed by atoms with Crippen molar-refractivity contribution in [1.82, 2.24) is 15.3 Å². The molecule has 0 aliphatic carbocycles. The van der Waals surface area contributed by atoms with Crippen LogP contribution in [-0.4, -0.2) is 34.1 Å². The van der Waals surface area contributed by atoms with Crippen LogP contribution < -0.4 is 16.8 Å². The molecule has 0 saturated heterocycles. The van der Waals surface area contributed by atoms with Crippen molar-refractivity contribution in [3.63, 3.8) is 0 Å². The van der Waals surface area contributed by atoms with Crippen LogP contribution >= 0.6 is 0 Å². The molecule has 2 heterocycles. The zero-order valence-corrected chi connectivity index (χ0v) is 15.2. The highest BCUT2D eigenvalue weighted by Crippen LogP contribution is 2.37. The first-order valence-corrected chi connectivity index (χ1v) is 8.08. The van der Waals surface area contributed by atoms with Crippen LogP contribution in [0.3, 0.4) is 0 Å². The highest BCUT2D eigenvalue weighted by atomic mass is 19.4. The van der Waals surface area contributed by atoms with Crippen LogP contribution in [0.2, 0.25) is 0 Å². The number of alkyl halides is 6. The van der Waals surface area contributed by atoms with Crippen LogP contribution in [0.5, 0.6) is 0 Å². The summed E-state index contributed by atoms with van der Waals surface area (Å²) in [6, 6.07) is 3.26. The molecule has 0 aromatic carbocycles. The van der Waals surface area contributed by atoms with Crippen LogP contribution in [0, 0.1) is 6.92 Å². The van der Waals surface area contributed by atoms with E-state index in [1.807, 2.05) is 5.32 Å². The lowest BCUT2D eigenvalue weighted by atomic mass is 10.0. The number of carbonyl (C=O) groups is 1. The van der Waals surface area contributed by atoms with Gasteiger partial charge < -0.3 is 16.8 Å². The van der Waals surface area contributed by atoms with Gasteiger partial charge in [-0.25, -0.2) is 4.98 Å². The number of amides is 1. The molecule has 0 saturated carbocycles. The fourth-order valence-corrected chi connectivity index (χ4v) is 2.20. The van der Waals surface area contributed by atoms with Crippen molar-refractivity contribution in [2.75, 3.05) is 12.3 Å². The molecular formula is C17H17F6N5O. The summed E-state index contributed by atoms with van der Waals surface area (Å²) in [7, 11) is 0. The summed E-state index contributed by atoms with van der Waals surface area (Å²) in [6.45, 7) is 1.24. The van der Waals surface area contributed by atoms with Crippen LogP contribution in [0.25, 0.3) is 11.3 Å². The highest BCUT2D eigenvalue weighted by Gasteiger charge is 2.48. The molecule has 0 radical (unpaired) electrons. The quantitative estimate of drug-likeness (QED) is 0.658. The normalized spacial score (nSPS) is 14.4.